The maximum absolute atomic E-state index is 8.70. The summed E-state index contributed by atoms with van der Waals surface area (Å²) >= 11 is 12.3. The molecule has 4 N–H and O–H groups in total. The minimum Gasteiger partial charge on any atom is -0.489 e. The zero-order valence-corrected chi connectivity index (χ0v) is 19.0. The first-order valence-electron chi connectivity index (χ1n) is 10.1. The van der Waals surface area contributed by atoms with Gasteiger partial charge in [-0.1, -0.05) is 23.2 Å². The van der Waals surface area contributed by atoms with Crippen LogP contribution in [0.1, 0.15) is 28.7 Å². The number of aryl methyl sites for hydroxylation is 1. The summed E-state index contributed by atoms with van der Waals surface area (Å²) in [5.41, 5.74) is 9.73. The zero-order chi connectivity index (χ0) is 22.7. The Hall–Kier alpha value is -2.87. The fraction of sp³-hybridized carbons (Fsp3) is 0.261. The predicted octanol–water partition coefficient (Wildman–Crippen LogP) is 4.87. The Morgan fingerprint density at radius 2 is 2.03 bits per heavy atom. The number of nitrogen functional groups attached to an aromatic ring is 1. The molecular weight excluding hydrogens is 449 g/mol. The highest BCUT2D eigenvalue weighted by Crippen LogP contribution is 2.27. The fourth-order valence-corrected chi connectivity index (χ4v) is 3.91. The van der Waals surface area contributed by atoms with Gasteiger partial charge in [0.2, 0.25) is 0 Å². The van der Waals surface area contributed by atoms with Gasteiger partial charge in [-0.05, 0) is 43.2 Å². The Morgan fingerprint density at radius 1 is 1.25 bits per heavy atom. The van der Waals surface area contributed by atoms with Crippen molar-refractivity contribution in [1.29, 1.82) is 5.41 Å². The van der Waals surface area contributed by atoms with E-state index in [-0.39, 0.29) is 18.4 Å². The number of anilines is 2. The van der Waals surface area contributed by atoms with Crippen LogP contribution in [0.15, 0.2) is 42.9 Å². The average Bonchev–Trinajstić information content (AvgIpc) is 3.28. The largest absolute Gasteiger partial charge is 0.489 e. The lowest BCUT2D eigenvalue weighted by Crippen LogP contribution is -2.20. The van der Waals surface area contributed by atoms with E-state index in [1.54, 1.807) is 24.4 Å². The predicted molar refractivity (Wildman–Crippen MR) is 127 cm³/mol. The van der Waals surface area contributed by atoms with Crippen LogP contribution in [0, 0.1) is 12.3 Å². The summed E-state index contributed by atoms with van der Waals surface area (Å²) in [5.74, 6) is 1.35. The molecule has 32 heavy (non-hydrogen) atoms. The molecular formula is C23H23Cl2N5O2. The van der Waals surface area contributed by atoms with Gasteiger partial charge in [0.05, 0.1) is 28.4 Å². The minimum atomic E-state index is 0.169. The number of hydrogen-bond acceptors (Lipinski definition) is 7. The van der Waals surface area contributed by atoms with Gasteiger partial charge in [-0.3, -0.25) is 10.4 Å². The highest BCUT2D eigenvalue weighted by Gasteiger charge is 2.18. The van der Waals surface area contributed by atoms with Gasteiger partial charge in [0.25, 0.3) is 0 Å². The molecule has 166 valence electrons. The lowest BCUT2D eigenvalue weighted by atomic mass is 10.0. The van der Waals surface area contributed by atoms with E-state index in [1.807, 2.05) is 13.0 Å². The highest BCUT2D eigenvalue weighted by atomic mass is 35.5. The van der Waals surface area contributed by atoms with E-state index in [0.717, 1.165) is 24.4 Å². The molecule has 7 nitrogen and oxygen atoms in total. The Morgan fingerprint density at radius 3 is 2.72 bits per heavy atom. The molecule has 4 rings (SSSR count). The number of ether oxygens (including phenoxy) is 2. The Kier molecular flexibility index (Phi) is 6.79. The first-order chi connectivity index (χ1) is 15.4. The first kappa shape index (κ1) is 22.3. The molecule has 1 atom stereocenters. The minimum absolute atomic E-state index is 0.169. The highest BCUT2D eigenvalue weighted by molar-refractivity contribution is 6.35. The van der Waals surface area contributed by atoms with Gasteiger partial charge in [0.15, 0.2) is 0 Å². The van der Waals surface area contributed by atoms with Crippen molar-refractivity contribution in [2.24, 2.45) is 0 Å². The average molecular weight is 472 g/mol. The number of pyridine rings is 2. The zero-order valence-electron chi connectivity index (χ0n) is 17.5. The van der Waals surface area contributed by atoms with Crippen LogP contribution in [-0.2, 0) is 11.3 Å². The molecule has 3 heterocycles. The van der Waals surface area contributed by atoms with Crippen molar-refractivity contribution in [2.75, 3.05) is 24.3 Å². The van der Waals surface area contributed by atoms with Crippen molar-refractivity contribution >= 4 is 40.4 Å². The van der Waals surface area contributed by atoms with Crippen LogP contribution in [0.5, 0.6) is 5.75 Å². The lowest BCUT2D eigenvalue weighted by molar-refractivity contribution is 0.195. The summed E-state index contributed by atoms with van der Waals surface area (Å²) in [6, 6.07) is 7.38. The monoisotopic (exact) mass is 471 g/mol. The van der Waals surface area contributed by atoms with E-state index in [1.165, 1.54) is 12.4 Å². The Labute approximate surface area is 196 Å². The second kappa shape index (κ2) is 9.73. The third-order valence-corrected chi connectivity index (χ3v) is 5.92. The molecule has 1 aliphatic rings. The molecule has 1 unspecified atom stereocenters. The van der Waals surface area contributed by atoms with Gasteiger partial charge in [0, 0.05) is 47.6 Å². The number of aromatic nitrogens is 2. The molecule has 3 aromatic rings. The molecule has 1 aliphatic heterocycles. The van der Waals surface area contributed by atoms with Crippen molar-refractivity contribution in [3.05, 3.63) is 75.2 Å². The van der Waals surface area contributed by atoms with Gasteiger partial charge in [-0.2, -0.15) is 0 Å². The number of hydrogen-bond donors (Lipinski definition) is 3. The Bertz CT molecular complexity index is 1130. The van der Waals surface area contributed by atoms with Gasteiger partial charge in [-0.25, -0.2) is 4.98 Å². The second-order valence-electron chi connectivity index (χ2n) is 7.59. The molecule has 0 amide bonds. The van der Waals surface area contributed by atoms with Crippen LogP contribution >= 0.6 is 23.2 Å². The van der Waals surface area contributed by atoms with Crippen LogP contribution in [0.3, 0.4) is 0 Å². The summed E-state index contributed by atoms with van der Waals surface area (Å²) < 4.78 is 11.3. The van der Waals surface area contributed by atoms with Crippen LogP contribution in [0.4, 0.5) is 11.5 Å². The summed E-state index contributed by atoms with van der Waals surface area (Å²) in [6.07, 6.45) is 5.67. The molecule has 1 aromatic carbocycles. The van der Waals surface area contributed by atoms with Crippen LogP contribution in [-0.4, -0.2) is 34.9 Å². The molecule has 1 saturated heterocycles. The van der Waals surface area contributed by atoms with Crippen LogP contribution in [0.25, 0.3) is 0 Å². The van der Waals surface area contributed by atoms with Gasteiger partial charge < -0.3 is 20.5 Å². The van der Waals surface area contributed by atoms with E-state index in [2.05, 4.69) is 15.3 Å². The normalized spacial score (nSPS) is 15.5. The van der Waals surface area contributed by atoms with E-state index < -0.39 is 0 Å². The van der Waals surface area contributed by atoms with E-state index >= 15 is 0 Å². The van der Waals surface area contributed by atoms with Crippen molar-refractivity contribution in [2.45, 2.75) is 26.0 Å². The number of benzene rings is 1. The number of halogens is 2. The van der Waals surface area contributed by atoms with Crippen molar-refractivity contribution in [3.8, 4) is 5.75 Å². The number of nitrogens with two attached hydrogens (primary N) is 1. The SMILES string of the molecule is Cc1cc(C(=N)c2cc(OCc3c(Cl)cncc3Cl)ccc2N)cnc1NC1CCOC1. The van der Waals surface area contributed by atoms with E-state index in [4.69, 9.17) is 43.8 Å². The van der Waals surface area contributed by atoms with Gasteiger partial charge in [0.1, 0.15) is 18.2 Å². The fourth-order valence-electron chi connectivity index (χ4n) is 3.43. The van der Waals surface area contributed by atoms with Crippen molar-refractivity contribution in [3.63, 3.8) is 0 Å². The summed E-state index contributed by atoms with van der Waals surface area (Å²) in [7, 11) is 0. The van der Waals surface area contributed by atoms with Gasteiger partial charge in [-0.15, -0.1) is 0 Å². The third-order valence-electron chi connectivity index (χ3n) is 5.27. The molecule has 2 aromatic heterocycles. The standard InChI is InChI=1S/C23H23Cl2N5O2/c1-13-6-14(8-29-23(13)30-15-4-5-31-11-15)22(27)17-7-16(2-3-21(17)26)32-12-18-19(24)9-28-10-20(18)25/h2-3,6-10,15,27H,4-5,11-12,26H2,1H3,(H,29,30). The van der Waals surface area contributed by atoms with Crippen LogP contribution in [0.2, 0.25) is 10.0 Å². The number of rotatable bonds is 7. The molecule has 0 aliphatic carbocycles. The second-order valence-corrected chi connectivity index (χ2v) is 8.40. The first-order valence-corrected chi connectivity index (χ1v) is 10.9. The molecule has 1 fully saturated rings. The number of nitrogens with zero attached hydrogens (tertiary/aromatic N) is 2. The molecule has 0 spiro atoms. The maximum atomic E-state index is 8.70. The molecule has 0 bridgehead atoms. The Balaban J connectivity index is 1.51. The molecule has 0 radical (unpaired) electrons. The topological polar surface area (TPSA) is 106 Å². The maximum Gasteiger partial charge on any atom is 0.129 e. The van der Waals surface area contributed by atoms with Crippen molar-refractivity contribution in [1.82, 2.24) is 9.97 Å². The third kappa shape index (κ3) is 4.96. The molecule has 0 saturated carbocycles. The summed E-state index contributed by atoms with van der Waals surface area (Å²) in [5, 5.41) is 13.0. The van der Waals surface area contributed by atoms with Gasteiger partial charge >= 0.3 is 0 Å². The van der Waals surface area contributed by atoms with E-state index in [0.29, 0.717) is 44.8 Å². The quantitative estimate of drug-likeness (QED) is 0.335. The molecule has 9 heteroatoms. The van der Waals surface area contributed by atoms with Crippen LogP contribution < -0.4 is 15.8 Å². The summed E-state index contributed by atoms with van der Waals surface area (Å²) in [4.78, 5) is 8.46. The number of nitrogens with one attached hydrogen (secondary N) is 2. The summed E-state index contributed by atoms with van der Waals surface area (Å²) in [6.45, 7) is 3.57. The smallest absolute Gasteiger partial charge is 0.129 e. The van der Waals surface area contributed by atoms with Crippen molar-refractivity contribution < 1.29 is 9.47 Å². The van der Waals surface area contributed by atoms with E-state index in [9.17, 15) is 0 Å². The lowest BCUT2D eigenvalue weighted by Gasteiger charge is -2.15.